The lowest BCUT2D eigenvalue weighted by Gasteiger charge is -2.43. The molecule has 1 aromatic heterocycles. The molecule has 0 N–H and O–H groups in total. The van der Waals surface area contributed by atoms with Crippen molar-refractivity contribution in [1.29, 1.82) is 0 Å². The molecule has 55 heavy (non-hydrogen) atoms. The number of anilines is 3. The summed E-state index contributed by atoms with van der Waals surface area (Å²) in [5, 5.41) is 4.95. The lowest BCUT2D eigenvalue weighted by atomic mass is 9.58. The van der Waals surface area contributed by atoms with Gasteiger partial charge >= 0.3 is 0 Å². The van der Waals surface area contributed by atoms with E-state index in [1.165, 1.54) is 66.4 Å². The summed E-state index contributed by atoms with van der Waals surface area (Å²) >= 11 is 0. The van der Waals surface area contributed by atoms with Crippen LogP contribution in [0.5, 0.6) is 0 Å². The molecule has 0 amide bonds. The zero-order chi connectivity index (χ0) is 36.1. The van der Waals surface area contributed by atoms with E-state index in [9.17, 15) is 0 Å². The number of para-hydroxylation sites is 2. The zero-order valence-electron chi connectivity index (χ0n) is 29.9. The molecule has 2 heteroatoms. The van der Waals surface area contributed by atoms with E-state index in [0.29, 0.717) is 0 Å². The van der Waals surface area contributed by atoms with Gasteiger partial charge in [-0.15, -0.1) is 0 Å². The number of fused-ring (bicyclic) bond motifs is 10. The first-order valence-electron chi connectivity index (χ1n) is 19.0. The average Bonchev–Trinajstić information content (AvgIpc) is 3.79. The summed E-state index contributed by atoms with van der Waals surface area (Å²) in [4.78, 5) is 2.32. The van der Waals surface area contributed by atoms with Gasteiger partial charge in [-0.3, -0.25) is 0 Å². The monoisotopic (exact) mass is 699 g/mol. The minimum absolute atomic E-state index is 0.258. The van der Waals surface area contributed by atoms with Gasteiger partial charge in [0.2, 0.25) is 0 Å². The Kier molecular flexibility index (Phi) is 6.29. The summed E-state index contributed by atoms with van der Waals surface area (Å²) in [5.41, 5.74) is 17.7. The molecule has 0 aliphatic heterocycles. The van der Waals surface area contributed by atoms with E-state index in [4.69, 9.17) is 4.42 Å². The van der Waals surface area contributed by atoms with Gasteiger partial charge in [0.1, 0.15) is 5.58 Å². The first kappa shape index (κ1) is 30.3. The normalized spacial score (nSPS) is 13.2. The second-order valence-electron chi connectivity index (χ2n) is 14.8. The molecule has 1 heterocycles. The maximum absolute atomic E-state index is 6.60. The summed E-state index contributed by atoms with van der Waals surface area (Å²) in [6, 6.07) is 72.9. The summed E-state index contributed by atoms with van der Waals surface area (Å²) in [7, 11) is 0. The quantitative estimate of drug-likeness (QED) is 0.178. The van der Waals surface area contributed by atoms with Crippen molar-refractivity contribution in [2.45, 2.75) is 5.41 Å². The topological polar surface area (TPSA) is 16.4 Å². The van der Waals surface area contributed by atoms with Gasteiger partial charge in [-0.2, -0.15) is 0 Å². The van der Waals surface area contributed by atoms with Crippen molar-refractivity contribution in [3.63, 3.8) is 0 Å². The van der Waals surface area contributed by atoms with E-state index < -0.39 is 0 Å². The fourth-order valence-corrected chi connectivity index (χ4v) is 9.66. The first-order chi connectivity index (χ1) is 27.3. The molecule has 0 saturated carbocycles. The predicted octanol–water partition coefficient (Wildman–Crippen LogP) is 14.2. The standard InChI is InChI=1S/C53H33NO/c1-2-11-34(12-3-1)35-23-28-39(29-24-35)54(49-21-10-17-44-43-16-5-7-22-50(43)55-52(44)49)40-30-25-36(26-31-40)38-27-32-42-41-15-4-6-18-45(41)53(48(42)33-38)46-19-8-13-37-14-9-20-47(53)51(37)46/h1-33H. The molecular weight excluding hydrogens is 667 g/mol. The molecule has 0 atom stereocenters. The van der Waals surface area contributed by atoms with Gasteiger partial charge in [0.15, 0.2) is 5.58 Å². The lowest BCUT2D eigenvalue weighted by Crippen LogP contribution is -2.36. The van der Waals surface area contributed by atoms with Crippen molar-refractivity contribution >= 4 is 49.8 Å². The van der Waals surface area contributed by atoms with E-state index in [1.54, 1.807) is 0 Å². The molecule has 0 saturated heterocycles. The Bertz CT molecular complexity index is 3100. The van der Waals surface area contributed by atoms with E-state index >= 15 is 0 Å². The largest absolute Gasteiger partial charge is 0.454 e. The Balaban J connectivity index is 0.989. The van der Waals surface area contributed by atoms with Gasteiger partial charge in [-0.1, -0.05) is 158 Å². The number of hydrogen-bond donors (Lipinski definition) is 0. The van der Waals surface area contributed by atoms with E-state index in [2.05, 4.69) is 199 Å². The highest BCUT2D eigenvalue weighted by Crippen LogP contribution is 2.64. The van der Waals surface area contributed by atoms with Gasteiger partial charge in [-0.05, 0) is 109 Å². The average molecular weight is 700 g/mol. The van der Waals surface area contributed by atoms with Crippen molar-refractivity contribution < 1.29 is 4.42 Å². The number of benzene rings is 9. The zero-order valence-corrected chi connectivity index (χ0v) is 29.9. The molecule has 1 spiro atoms. The predicted molar refractivity (Wildman–Crippen MR) is 228 cm³/mol. The van der Waals surface area contributed by atoms with Crippen LogP contribution >= 0.6 is 0 Å². The van der Waals surface area contributed by atoms with Gasteiger partial charge in [-0.25, -0.2) is 0 Å². The van der Waals surface area contributed by atoms with Crippen molar-refractivity contribution in [3.8, 4) is 33.4 Å². The Morgan fingerprint density at radius 2 is 0.945 bits per heavy atom. The third-order valence-corrected chi connectivity index (χ3v) is 12.1. The molecule has 10 aromatic rings. The van der Waals surface area contributed by atoms with Crippen LogP contribution in [-0.2, 0) is 5.41 Å². The van der Waals surface area contributed by atoms with E-state index in [-0.39, 0.29) is 5.41 Å². The first-order valence-corrected chi connectivity index (χ1v) is 19.0. The van der Waals surface area contributed by atoms with Crippen LogP contribution < -0.4 is 4.90 Å². The summed E-state index contributed by atoms with van der Waals surface area (Å²) in [6.45, 7) is 0. The van der Waals surface area contributed by atoms with Crippen LogP contribution in [-0.4, -0.2) is 0 Å². The molecule has 9 aromatic carbocycles. The third kappa shape index (κ3) is 4.19. The number of furan rings is 1. The van der Waals surface area contributed by atoms with Crippen molar-refractivity contribution in [2.24, 2.45) is 0 Å². The summed E-state index contributed by atoms with van der Waals surface area (Å²) < 4.78 is 6.60. The highest BCUT2D eigenvalue weighted by atomic mass is 16.3. The maximum atomic E-state index is 6.60. The van der Waals surface area contributed by atoms with Gasteiger partial charge in [0.25, 0.3) is 0 Å². The second-order valence-corrected chi connectivity index (χ2v) is 14.8. The molecule has 2 aliphatic rings. The summed E-state index contributed by atoms with van der Waals surface area (Å²) in [6.07, 6.45) is 0. The molecule has 2 nitrogen and oxygen atoms in total. The van der Waals surface area contributed by atoms with Gasteiger partial charge in [0.05, 0.1) is 11.1 Å². The number of hydrogen-bond acceptors (Lipinski definition) is 2. The summed E-state index contributed by atoms with van der Waals surface area (Å²) in [5.74, 6) is 0. The fourth-order valence-electron chi connectivity index (χ4n) is 9.66. The highest BCUT2D eigenvalue weighted by Gasteiger charge is 2.53. The molecule has 12 rings (SSSR count). The molecule has 0 bridgehead atoms. The van der Waals surface area contributed by atoms with Gasteiger partial charge < -0.3 is 9.32 Å². The van der Waals surface area contributed by atoms with Crippen LogP contribution in [0.1, 0.15) is 22.3 Å². The molecule has 256 valence electrons. The Hall–Kier alpha value is -7.16. The SMILES string of the molecule is c1ccc(-c2ccc(N(c3ccc(-c4ccc5c(c4)C4(c6ccccc6-5)c5cccc6cccc4c56)cc3)c3cccc4c3oc3ccccc34)cc2)cc1. The van der Waals surface area contributed by atoms with Crippen LogP contribution in [0.4, 0.5) is 17.1 Å². The second kappa shape index (κ2) is 11.4. The fraction of sp³-hybridized carbons (Fsp3) is 0.0189. The Labute approximate surface area is 319 Å². The van der Waals surface area contributed by atoms with E-state index in [0.717, 1.165) is 39.0 Å². The van der Waals surface area contributed by atoms with Crippen LogP contribution in [0, 0.1) is 0 Å². The van der Waals surface area contributed by atoms with Crippen LogP contribution in [0.3, 0.4) is 0 Å². The minimum atomic E-state index is -0.258. The van der Waals surface area contributed by atoms with Crippen LogP contribution in [0.15, 0.2) is 205 Å². The number of nitrogens with zero attached hydrogens (tertiary/aromatic N) is 1. The molecule has 0 unspecified atom stereocenters. The maximum Gasteiger partial charge on any atom is 0.159 e. The van der Waals surface area contributed by atoms with Gasteiger partial charge in [0, 0.05) is 22.1 Å². The molecule has 2 aliphatic carbocycles. The molecular formula is C53H33NO. The molecule has 0 radical (unpaired) electrons. The van der Waals surface area contributed by atoms with Crippen molar-refractivity contribution in [1.82, 2.24) is 0 Å². The molecule has 0 fully saturated rings. The van der Waals surface area contributed by atoms with Crippen molar-refractivity contribution in [3.05, 3.63) is 222 Å². The van der Waals surface area contributed by atoms with Crippen LogP contribution in [0.2, 0.25) is 0 Å². The number of rotatable bonds is 5. The minimum Gasteiger partial charge on any atom is -0.454 e. The van der Waals surface area contributed by atoms with E-state index in [1.807, 2.05) is 6.07 Å². The lowest BCUT2D eigenvalue weighted by molar-refractivity contribution is 0.669. The Morgan fingerprint density at radius 1 is 0.382 bits per heavy atom. The van der Waals surface area contributed by atoms with Crippen molar-refractivity contribution in [2.75, 3.05) is 4.90 Å². The Morgan fingerprint density at radius 3 is 1.71 bits per heavy atom. The smallest absolute Gasteiger partial charge is 0.159 e. The highest BCUT2D eigenvalue weighted by molar-refractivity contribution is 6.10. The van der Waals surface area contributed by atoms with Crippen LogP contribution in [0.25, 0.3) is 66.1 Å². The third-order valence-electron chi connectivity index (χ3n) is 12.1.